The molecule has 1 aromatic rings. The fraction of sp³-hybridized carbons (Fsp3) is 0.588. The fourth-order valence-corrected chi connectivity index (χ4v) is 2.88. The number of hydrogen-bond donors (Lipinski definition) is 2. The second-order valence-corrected chi connectivity index (χ2v) is 5.83. The maximum absolute atomic E-state index is 12.7. The Morgan fingerprint density at radius 2 is 1.81 bits per heavy atom. The van der Waals surface area contributed by atoms with Gasteiger partial charge < -0.3 is 10.6 Å². The summed E-state index contributed by atoms with van der Waals surface area (Å²) in [5.74, 6) is 0.653. The number of amides is 1. The van der Waals surface area contributed by atoms with E-state index in [1.54, 1.807) is 12.1 Å². The zero-order valence-corrected chi connectivity index (χ0v) is 12.5. The molecule has 2 rings (SSSR count). The molecule has 0 unspecified atom stereocenters. The molecule has 21 heavy (non-hydrogen) atoms. The van der Waals surface area contributed by atoms with Gasteiger partial charge >= 0.3 is 0 Å². The van der Waals surface area contributed by atoms with Gasteiger partial charge in [-0.05, 0) is 36.6 Å². The van der Waals surface area contributed by atoms with Crippen molar-refractivity contribution in [1.82, 2.24) is 5.32 Å². The molecule has 1 aromatic carbocycles. The van der Waals surface area contributed by atoms with Crippen LogP contribution in [0.2, 0.25) is 0 Å². The molecule has 3 nitrogen and oxygen atoms in total. The zero-order chi connectivity index (χ0) is 14.9. The van der Waals surface area contributed by atoms with Crippen molar-refractivity contribution in [3.63, 3.8) is 0 Å². The van der Waals surface area contributed by atoms with E-state index >= 15 is 0 Å². The molecule has 1 fully saturated rings. The van der Waals surface area contributed by atoms with Gasteiger partial charge in [0.05, 0.1) is 0 Å². The summed E-state index contributed by atoms with van der Waals surface area (Å²) in [5, 5.41) is 6.08. The minimum atomic E-state index is -0.239. The van der Waals surface area contributed by atoms with Gasteiger partial charge in [0.2, 0.25) is 5.91 Å². The molecule has 0 spiro atoms. The molecule has 0 aromatic heterocycles. The van der Waals surface area contributed by atoms with Gasteiger partial charge in [-0.2, -0.15) is 0 Å². The van der Waals surface area contributed by atoms with E-state index in [2.05, 4.69) is 10.6 Å². The zero-order valence-electron chi connectivity index (χ0n) is 12.5. The SMILES string of the molecule is O=C(CCC1CCCCC1)NCCNc1ccc(F)cc1. The third-order valence-corrected chi connectivity index (χ3v) is 4.12. The Balaban J connectivity index is 1.53. The lowest BCUT2D eigenvalue weighted by Gasteiger charge is -2.21. The van der Waals surface area contributed by atoms with Gasteiger partial charge in [-0.3, -0.25) is 4.79 Å². The van der Waals surface area contributed by atoms with Gasteiger partial charge in [0.1, 0.15) is 5.82 Å². The third-order valence-electron chi connectivity index (χ3n) is 4.12. The molecule has 0 aliphatic heterocycles. The van der Waals surface area contributed by atoms with E-state index in [1.165, 1.54) is 44.2 Å². The molecule has 0 atom stereocenters. The molecule has 0 saturated heterocycles. The van der Waals surface area contributed by atoms with Crippen LogP contribution in [0, 0.1) is 11.7 Å². The Morgan fingerprint density at radius 1 is 1.10 bits per heavy atom. The first-order valence-corrected chi connectivity index (χ1v) is 8.00. The summed E-state index contributed by atoms with van der Waals surface area (Å²) >= 11 is 0. The van der Waals surface area contributed by atoms with Crippen LogP contribution >= 0.6 is 0 Å². The number of nitrogens with one attached hydrogen (secondary N) is 2. The Labute approximate surface area is 126 Å². The molecule has 1 aliphatic rings. The molecular weight excluding hydrogens is 267 g/mol. The topological polar surface area (TPSA) is 41.1 Å². The number of halogens is 1. The summed E-state index contributed by atoms with van der Waals surface area (Å²) in [6, 6.07) is 6.23. The van der Waals surface area contributed by atoms with E-state index in [0.29, 0.717) is 19.5 Å². The number of rotatable bonds is 7. The lowest BCUT2D eigenvalue weighted by molar-refractivity contribution is -0.121. The predicted molar refractivity (Wildman–Crippen MR) is 83.7 cm³/mol. The van der Waals surface area contributed by atoms with Crippen molar-refractivity contribution in [2.75, 3.05) is 18.4 Å². The molecule has 0 heterocycles. The van der Waals surface area contributed by atoms with Crippen LogP contribution in [0.3, 0.4) is 0 Å². The van der Waals surface area contributed by atoms with E-state index in [-0.39, 0.29) is 11.7 Å². The van der Waals surface area contributed by atoms with Gasteiger partial charge in [0.15, 0.2) is 0 Å². The number of carbonyl (C=O) groups is 1. The maximum atomic E-state index is 12.7. The normalized spacial score (nSPS) is 15.7. The Bertz CT molecular complexity index is 427. The van der Waals surface area contributed by atoms with Gasteiger partial charge in [-0.1, -0.05) is 32.1 Å². The van der Waals surface area contributed by atoms with E-state index in [4.69, 9.17) is 0 Å². The van der Waals surface area contributed by atoms with Crippen LogP contribution in [0.1, 0.15) is 44.9 Å². The molecular formula is C17H25FN2O. The summed E-state index contributed by atoms with van der Waals surface area (Å²) in [6.45, 7) is 1.25. The van der Waals surface area contributed by atoms with Crippen molar-refractivity contribution in [1.29, 1.82) is 0 Å². The van der Waals surface area contributed by atoms with Gasteiger partial charge in [-0.15, -0.1) is 0 Å². The molecule has 0 radical (unpaired) electrons. The molecule has 0 bridgehead atoms. The van der Waals surface area contributed by atoms with Crippen molar-refractivity contribution in [3.8, 4) is 0 Å². The van der Waals surface area contributed by atoms with Crippen molar-refractivity contribution in [2.45, 2.75) is 44.9 Å². The standard InChI is InChI=1S/C17H25FN2O/c18-15-7-9-16(10-8-15)19-12-13-20-17(21)11-6-14-4-2-1-3-5-14/h7-10,14,19H,1-6,11-13H2,(H,20,21). The first kappa shape index (κ1) is 15.8. The number of hydrogen-bond acceptors (Lipinski definition) is 2. The summed E-state index contributed by atoms with van der Waals surface area (Å²) in [4.78, 5) is 11.8. The van der Waals surface area contributed by atoms with Crippen molar-refractivity contribution < 1.29 is 9.18 Å². The van der Waals surface area contributed by atoms with Crippen LogP contribution in [0.15, 0.2) is 24.3 Å². The van der Waals surface area contributed by atoms with Crippen molar-refractivity contribution >= 4 is 11.6 Å². The van der Waals surface area contributed by atoms with Gasteiger partial charge in [0, 0.05) is 25.2 Å². The Hall–Kier alpha value is -1.58. The molecule has 116 valence electrons. The highest BCUT2D eigenvalue weighted by molar-refractivity contribution is 5.75. The van der Waals surface area contributed by atoms with Crippen LogP contribution in [0.4, 0.5) is 10.1 Å². The minimum Gasteiger partial charge on any atom is -0.383 e. The number of benzene rings is 1. The number of carbonyl (C=O) groups excluding carboxylic acids is 1. The second kappa shape index (κ2) is 8.65. The number of anilines is 1. The fourth-order valence-electron chi connectivity index (χ4n) is 2.88. The smallest absolute Gasteiger partial charge is 0.220 e. The average Bonchev–Trinajstić information content (AvgIpc) is 2.52. The van der Waals surface area contributed by atoms with Crippen molar-refractivity contribution in [3.05, 3.63) is 30.1 Å². The summed E-state index contributed by atoms with van der Waals surface area (Å²) in [7, 11) is 0. The van der Waals surface area contributed by atoms with E-state index in [0.717, 1.165) is 18.0 Å². The monoisotopic (exact) mass is 292 g/mol. The largest absolute Gasteiger partial charge is 0.383 e. The van der Waals surface area contributed by atoms with E-state index in [1.807, 2.05) is 0 Å². The van der Waals surface area contributed by atoms with Gasteiger partial charge in [0.25, 0.3) is 0 Å². The molecule has 1 saturated carbocycles. The minimum absolute atomic E-state index is 0.140. The molecule has 2 N–H and O–H groups in total. The molecule has 4 heteroatoms. The lowest BCUT2D eigenvalue weighted by atomic mass is 9.86. The van der Waals surface area contributed by atoms with Crippen LogP contribution in [-0.4, -0.2) is 19.0 Å². The molecule has 1 aliphatic carbocycles. The summed E-state index contributed by atoms with van der Waals surface area (Å²) < 4.78 is 12.7. The highest BCUT2D eigenvalue weighted by atomic mass is 19.1. The summed E-state index contributed by atoms with van der Waals surface area (Å²) in [6.07, 6.45) is 8.26. The first-order valence-electron chi connectivity index (χ1n) is 8.00. The third kappa shape index (κ3) is 6.15. The predicted octanol–water partition coefficient (Wildman–Crippen LogP) is 3.71. The molecule has 1 amide bonds. The Kier molecular flexibility index (Phi) is 6.51. The van der Waals surface area contributed by atoms with E-state index < -0.39 is 0 Å². The Morgan fingerprint density at radius 3 is 2.52 bits per heavy atom. The second-order valence-electron chi connectivity index (χ2n) is 5.83. The van der Waals surface area contributed by atoms with Crippen molar-refractivity contribution in [2.24, 2.45) is 5.92 Å². The quantitative estimate of drug-likeness (QED) is 0.752. The average molecular weight is 292 g/mol. The van der Waals surface area contributed by atoms with Crippen LogP contribution < -0.4 is 10.6 Å². The van der Waals surface area contributed by atoms with Gasteiger partial charge in [-0.25, -0.2) is 4.39 Å². The van der Waals surface area contributed by atoms with Crippen LogP contribution in [0.5, 0.6) is 0 Å². The maximum Gasteiger partial charge on any atom is 0.220 e. The summed E-state index contributed by atoms with van der Waals surface area (Å²) in [5.41, 5.74) is 0.868. The first-order chi connectivity index (χ1) is 10.2. The van der Waals surface area contributed by atoms with Crippen LogP contribution in [0.25, 0.3) is 0 Å². The van der Waals surface area contributed by atoms with E-state index in [9.17, 15) is 9.18 Å². The highest BCUT2D eigenvalue weighted by Crippen LogP contribution is 2.27. The lowest BCUT2D eigenvalue weighted by Crippen LogP contribution is -2.29. The van der Waals surface area contributed by atoms with Crippen LogP contribution in [-0.2, 0) is 4.79 Å². The highest BCUT2D eigenvalue weighted by Gasteiger charge is 2.14.